The van der Waals surface area contributed by atoms with E-state index in [1.54, 1.807) is 0 Å². The summed E-state index contributed by atoms with van der Waals surface area (Å²) in [6.07, 6.45) is 1.24. The van der Waals surface area contributed by atoms with Gasteiger partial charge in [-0.3, -0.25) is 4.79 Å². The van der Waals surface area contributed by atoms with Crippen molar-refractivity contribution in [2.45, 2.75) is 78.9 Å². The van der Waals surface area contributed by atoms with Crippen LogP contribution in [0.5, 0.6) is 5.75 Å². The van der Waals surface area contributed by atoms with E-state index < -0.39 is 17.4 Å². The van der Waals surface area contributed by atoms with Gasteiger partial charge in [0.1, 0.15) is 18.1 Å². The van der Waals surface area contributed by atoms with Crippen LogP contribution in [-0.4, -0.2) is 17.4 Å². The molecule has 0 radical (unpaired) electrons. The van der Waals surface area contributed by atoms with Crippen LogP contribution in [0.3, 0.4) is 0 Å². The molecular formula is C18H34O4Si2. The maximum absolute atomic E-state index is 12.6. The largest absolute Gasteiger partial charge is 0.539 e. The normalized spacial score (nSPS) is 14.8. The minimum absolute atomic E-state index is 0.0262. The van der Waals surface area contributed by atoms with Crippen molar-refractivity contribution >= 4 is 17.4 Å². The average molecular weight is 371 g/mol. The Morgan fingerprint density at radius 1 is 1.12 bits per heavy atom. The van der Waals surface area contributed by atoms with Crippen LogP contribution in [-0.2, 0) is 4.43 Å². The quantitative estimate of drug-likeness (QED) is 0.676. The van der Waals surface area contributed by atoms with Gasteiger partial charge in [0.2, 0.25) is 5.43 Å². The van der Waals surface area contributed by atoms with Gasteiger partial charge in [-0.1, -0.05) is 41.5 Å². The van der Waals surface area contributed by atoms with E-state index >= 15 is 0 Å². The predicted molar refractivity (Wildman–Crippen MR) is 105 cm³/mol. The lowest BCUT2D eigenvalue weighted by molar-refractivity contribution is 0.0642. The molecule has 0 N–H and O–H groups in total. The van der Waals surface area contributed by atoms with E-state index in [-0.39, 0.29) is 22.0 Å². The van der Waals surface area contributed by atoms with Crippen molar-refractivity contribution in [2.75, 3.05) is 0 Å². The lowest BCUT2D eigenvalue weighted by atomic mass is 9.87. The Morgan fingerprint density at radius 2 is 1.67 bits per heavy atom. The summed E-state index contributed by atoms with van der Waals surface area (Å²) in [7, 11) is -3.34. The molecule has 138 valence electrons. The highest BCUT2D eigenvalue weighted by atomic mass is 28.4. The third-order valence-electron chi connectivity index (χ3n) is 4.44. The summed E-state index contributed by atoms with van der Waals surface area (Å²) in [5.41, 5.74) is -0.279. The van der Waals surface area contributed by atoms with Gasteiger partial charge in [0.05, 0.1) is 0 Å². The maximum Gasteiger partial charge on any atom is 0.250 e. The van der Waals surface area contributed by atoms with Crippen molar-refractivity contribution in [1.82, 2.24) is 0 Å². The summed E-state index contributed by atoms with van der Waals surface area (Å²) in [5.74, 6) is 0.885. The summed E-state index contributed by atoms with van der Waals surface area (Å²) in [6.45, 7) is 21.2. The number of hydrogen-bond acceptors (Lipinski definition) is 4. The van der Waals surface area contributed by atoms with Crippen molar-refractivity contribution in [3.63, 3.8) is 0 Å². The van der Waals surface area contributed by atoms with E-state index in [0.717, 1.165) is 0 Å². The molecule has 0 saturated carbocycles. The van der Waals surface area contributed by atoms with E-state index in [2.05, 4.69) is 67.7 Å². The highest BCUT2D eigenvalue weighted by Gasteiger charge is 2.40. The van der Waals surface area contributed by atoms with Crippen LogP contribution in [0.4, 0.5) is 0 Å². The Kier molecular flexibility index (Phi) is 6.33. The molecule has 0 amide bonds. The molecule has 1 heterocycles. The van der Waals surface area contributed by atoms with Crippen LogP contribution in [0.15, 0.2) is 21.5 Å². The molecule has 0 fully saturated rings. The zero-order chi connectivity index (χ0) is 18.9. The SMILES string of the molecule is C[SiH](C)OC(c1cc(=O)c(O[Si](C)(C)C(C)(C)C)co1)C(C)(C)C. The molecule has 0 aliphatic carbocycles. The smallest absolute Gasteiger partial charge is 0.250 e. The standard InChI is InChI=1S/C18H34O4Si2/c1-17(2,3)16(21-23(7)8)14-11-13(19)15(12-20-14)22-24(9,10)18(4,5)6/h11-12,16,23H,1-10H3. The number of rotatable bonds is 5. The average Bonchev–Trinajstić information content (AvgIpc) is 2.35. The summed E-state index contributed by atoms with van der Waals surface area (Å²) < 4.78 is 18.0. The van der Waals surface area contributed by atoms with E-state index in [1.807, 2.05) is 0 Å². The zero-order valence-corrected chi connectivity index (χ0v) is 19.1. The van der Waals surface area contributed by atoms with Crippen molar-refractivity contribution < 1.29 is 13.3 Å². The van der Waals surface area contributed by atoms with Gasteiger partial charge in [0.15, 0.2) is 14.8 Å². The summed E-state index contributed by atoms with van der Waals surface area (Å²) in [4.78, 5) is 12.6. The van der Waals surface area contributed by atoms with E-state index in [1.165, 1.54) is 12.3 Å². The topological polar surface area (TPSA) is 48.7 Å². The molecule has 24 heavy (non-hydrogen) atoms. The van der Waals surface area contributed by atoms with Crippen LogP contribution in [0.2, 0.25) is 31.2 Å². The summed E-state index contributed by atoms with van der Waals surface area (Å²) in [6, 6.07) is 1.54. The van der Waals surface area contributed by atoms with Crippen LogP contribution in [0, 0.1) is 5.41 Å². The Morgan fingerprint density at radius 3 is 2.04 bits per heavy atom. The first-order valence-electron chi connectivity index (χ1n) is 8.62. The fraction of sp³-hybridized carbons (Fsp3) is 0.722. The van der Waals surface area contributed by atoms with Crippen molar-refractivity contribution in [3.05, 3.63) is 28.3 Å². The zero-order valence-electron chi connectivity index (χ0n) is 16.9. The van der Waals surface area contributed by atoms with Crippen molar-refractivity contribution in [1.29, 1.82) is 0 Å². The molecule has 1 aromatic rings. The summed E-state index contributed by atoms with van der Waals surface area (Å²) >= 11 is 0. The molecule has 1 rings (SSSR count). The van der Waals surface area contributed by atoms with Gasteiger partial charge >= 0.3 is 0 Å². The molecule has 4 nitrogen and oxygen atoms in total. The van der Waals surface area contributed by atoms with Gasteiger partial charge in [0, 0.05) is 6.07 Å². The molecule has 1 unspecified atom stereocenters. The van der Waals surface area contributed by atoms with Crippen LogP contribution < -0.4 is 9.85 Å². The fourth-order valence-corrected chi connectivity index (χ4v) is 4.12. The highest BCUT2D eigenvalue weighted by Crippen LogP contribution is 2.38. The molecule has 0 aliphatic rings. The van der Waals surface area contributed by atoms with Gasteiger partial charge in [-0.05, 0) is 36.6 Å². The van der Waals surface area contributed by atoms with Gasteiger partial charge < -0.3 is 13.3 Å². The van der Waals surface area contributed by atoms with E-state index in [4.69, 9.17) is 13.3 Å². The Hall–Kier alpha value is -0.856. The number of hydrogen-bond donors (Lipinski definition) is 0. The predicted octanol–water partition coefficient (Wildman–Crippen LogP) is 5.11. The third kappa shape index (κ3) is 5.32. The molecule has 0 aromatic carbocycles. The second-order valence-electron chi connectivity index (χ2n) is 9.30. The molecule has 1 atom stereocenters. The second-order valence-corrected chi connectivity index (χ2v) is 16.4. The third-order valence-corrected chi connectivity index (χ3v) is 9.60. The monoisotopic (exact) mass is 370 g/mol. The Labute approximate surface area is 149 Å². The Bertz CT molecular complexity index is 607. The molecule has 0 spiro atoms. The van der Waals surface area contributed by atoms with E-state index in [9.17, 15) is 4.79 Å². The minimum Gasteiger partial charge on any atom is -0.539 e. The van der Waals surface area contributed by atoms with Crippen LogP contribution in [0.25, 0.3) is 0 Å². The molecule has 6 heteroatoms. The highest BCUT2D eigenvalue weighted by molar-refractivity contribution is 6.74. The fourth-order valence-electron chi connectivity index (χ4n) is 2.02. The van der Waals surface area contributed by atoms with Crippen LogP contribution in [0.1, 0.15) is 53.4 Å². The lowest BCUT2D eigenvalue weighted by Gasteiger charge is -2.36. The minimum atomic E-state index is -2.07. The van der Waals surface area contributed by atoms with Crippen molar-refractivity contribution in [2.24, 2.45) is 5.41 Å². The maximum atomic E-state index is 12.6. The molecular weight excluding hydrogens is 336 g/mol. The van der Waals surface area contributed by atoms with Crippen LogP contribution >= 0.6 is 0 Å². The van der Waals surface area contributed by atoms with Gasteiger partial charge in [-0.15, -0.1) is 0 Å². The first-order valence-corrected chi connectivity index (χ1v) is 14.3. The molecule has 0 saturated heterocycles. The van der Waals surface area contributed by atoms with Gasteiger partial charge in [0.25, 0.3) is 8.32 Å². The molecule has 1 aromatic heterocycles. The first-order chi connectivity index (χ1) is 10.6. The Balaban J connectivity index is 3.17. The van der Waals surface area contributed by atoms with E-state index in [0.29, 0.717) is 11.5 Å². The lowest BCUT2D eigenvalue weighted by Crippen LogP contribution is -2.44. The van der Waals surface area contributed by atoms with Gasteiger partial charge in [-0.25, -0.2) is 0 Å². The second kappa shape index (κ2) is 7.18. The summed E-state index contributed by atoms with van der Waals surface area (Å²) in [5, 5.41) is 0.0262. The first kappa shape index (κ1) is 21.2. The molecule has 0 bridgehead atoms. The molecule has 0 aliphatic heterocycles. The van der Waals surface area contributed by atoms with Crippen molar-refractivity contribution in [3.8, 4) is 5.75 Å². The van der Waals surface area contributed by atoms with Gasteiger partial charge in [-0.2, -0.15) is 0 Å².